The molecule has 0 aliphatic heterocycles. The van der Waals surface area contributed by atoms with Crippen LogP contribution in [0.1, 0.15) is 10.4 Å². The highest BCUT2D eigenvalue weighted by Gasteiger charge is 2.21. The quantitative estimate of drug-likeness (QED) is 0.650. The highest BCUT2D eigenvalue weighted by Crippen LogP contribution is 2.24. The van der Waals surface area contributed by atoms with E-state index in [4.69, 9.17) is 9.84 Å². The summed E-state index contributed by atoms with van der Waals surface area (Å²) in [4.78, 5) is 24.4. The Labute approximate surface area is 106 Å². The Morgan fingerprint density at radius 1 is 1.53 bits per heavy atom. The summed E-state index contributed by atoms with van der Waals surface area (Å²) in [6.07, 6.45) is 3.79. The van der Waals surface area contributed by atoms with Crippen molar-refractivity contribution in [3.63, 3.8) is 0 Å². The van der Waals surface area contributed by atoms with Crippen LogP contribution in [0.2, 0.25) is 0 Å². The predicted molar refractivity (Wildman–Crippen MR) is 61.1 cm³/mol. The molecule has 0 saturated carbocycles. The molecular weight excluding hydrogens is 256 g/mol. The number of aryl methyl sites for hydroxylation is 1. The van der Waals surface area contributed by atoms with Crippen molar-refractivity contribution in [2.24, 2.45) is 7.05 Å². The van der Waals surface area contributed by atoms with Crippen molar-refractivity contribution < 1.29 is 19.6 Å². The third kappa shape index (κ3) is 2.65. The van der Waals surface area contributed by atoms with Crippen LogP contribution in [0, 0.1) is 10.1 Å². The first-order chi connectivity index (χ1) is 8.97. The fourth-order valence-electron chi connectivity index (χ4n) is 1.37. The van der Waals surface area contributed by atoms with Crippen LogP contribution in [0.5, 0.6) is 11.6 Å². The molecule has 0 aromatic carbocycles. The molecule has 0 saturated heterocycles. The fourth-order valence-corrected chi connectivity index (χ4v) is 1.37. The van der Waals surface area contributed by atoms with E-state index in [-0.39, 0.29) is 5.88 Å². The van der Waals surface area contributed by atoms with Crippen LogP contribution in [0.4, 0.5) is 5.69 Å². The second-order valence-corrected chi connectivity index (χ2v) is 3.55. The summed E-state index contributed by atoms with van der Waals surface area (Å²) in [5, 5.41) is 23.4. The van der Waals surface area contributed by atoms with Gasteiger partial charge in [0.15, 0.2) is 5.75 Å². The highest BCUT2D eigenvalue weighted by atomic mass is 16.6. The SMILES string of the molecule is Cn1cc(Oc2cc(C(=O)O)c([N+](=O)[O-])cn2)cn1. The van der Waals surface area contributed by atoms with Gasteiger partial charge in [-0.25, -0.2) is 9.78 Å². The molecule has 19 heavy (non-hydrogen) atoms. The average Bonchev–Trinajstić information content (AvgIpc) is 2.74. The van der Waals surface area contributed by atoms with Crippen LogP contribution >= 0.6 is 0 Å². The van der Waals surface area contributed by atoms with E-state index in [0.717, 1.165) is 12.3 Å². The van der Waals surface area contributed by atoms with Crippen LogP contribution in [0.15, 0.2) is 24.7 Å². The Hall–Kier alpha value is -2.97. The number of ether oxygens (including phenoxy) is 1. The Morgan fingerprint density at radius 3 is 2.79 bits per heavy atom. The Balaban J connectivity index is 2.35. The predicted octanol–water partition coefficient (Wildman–Crippen LogP) is 1.21. The summed E-state index contributed by atoms with van der Waals surface area (Å²) in [6, 6.07) is 0.994. The molecule has 2 aromatic rings. The molecule has 0 aliphatic carbocycles. The summed E-state index contributed by atoms with van der Waals surface area (Å²) < 4.78 is 6.73. The zero-order valence-corrected chi connectivity index (χ0v) is 9.68. The lowest BCUT2D eigenvalue weighted by molar-refractivity contribution is -0.385. The van der Waals surface area contributed by atoms with Crippen molar-refractivity contribution in [1.82, 2.24) is 14.8 Å². The number of carboxylic acid groups (broad SMARTS) is 1. The van der Waals surface area contributed by atoms with Crippen molar-refractivity contribution in [2.75, 3.05) is 0 Å². The van der Waals surface area contributed by atoms with Crippen molar-refractivity contribution >= 4 is 11.7 Å². The molecule has 0 fully saturated rings. The minimum atomic E-state index is -1.43. The Kier molecular flexibility index (Phi) is 3.10. The third-order valence-electron chi connectivity index (χ3n) is 2.19. The lowest BCUT2D eigenvalue weighted by Gasteiger charge is -2.03. The second-order valence-electron chi connectivity index (χ2n) is 3.55. The van der Waals surface area contributed by atoms with Crippen LogP contribution < -0.4 is 4.74 Å². The summed E-state index contributed by atoms with van der Waals surface area (Å²) in [5.41, 5.74) is -1.08. The lowest BCUT2D eigenvalue weighted by atomic mass is 10.2. The van der Waals surface area contributed by atoms with E-state index >= 15 is 0 Å². The number of aromatic carboxylic acids is 1. The summed E-state index contributed by atoms with van der Waals surface area (Å²) in [6.45, 7) is 0. The molecule has 2 aromatic heterocycles. The molecule has 98 valence electrons. The molecule has 2 rings (SSSR count). The van der Waals surface area contributed by atoms with Crippen LogP contribution in [0.25, 0.3) is 0 Å². The maximum Gasteiger partial charge on any atom is 0.342 e. The summed E-state index contributed by atoms with van der Waals surface area (Å²) in [5.74, 6) is -1.14. The number of rotatable bonds is 4. The maximum absolute atomic E-state index is 10.9. The highest BCUT2D eigenvalue weighted by molar-refractivity contribution is 5.92. The van der Waals surface area contributed by atoms with E-state index in [9.17, 15) is 14.9 Å². The number of hydrogen-bond acceptors (Lipinski definition) is 6. The molecule has 0 spiro atoms. The van der Waals surface area contributed by atoms with Crippen LogP contribution in [-0.4, -0.2) is 30.8 Å². The van der Waals surface area contributed by atoms with Crippen molar-refractivity contribution in [2.45, 2.75) is 0 Å². The summed E-state index contributed by atoms with van der Waals surface area (Å²) in [7, 11) is 1.68. The molecule has 9 heteroatoms. The van der Waals surface area contributed by atoms with Gasteiger partial charge in [0.05, 0.1) is 17.3 Å². The third-order valence-corrected chi connectivity index (χ3v) is 2.19. The van der Waals surface area contributed by atoms with Gasteiger partial charge >= 0.3 is 11.7 Å². The minimum absolute atomic E-state index is 0.0593. The molecule has 9 nitrogen and oxygen atoms in total. The van der Waals surface area contributed by atoms with Gasteiger partial charge in [-0.05, 0) is 0 Å². The van der Waals surface area contributed by atoms with Crippen molar-refractivity contribution in [1.29, 1.82) is 0 Å². The molecule has 0 radical (unpaired) electrons. The average molecular weight is 264 g/mol. The number of nitro groups is 1. The number of pyridine rings is 1. The first-order valence-electron chi connectivity index (χ1n) is 5.01. The second kappa shape index (κ2) is 4.72. The summed E-state index contributed by atoms with van der Waals surface area (Å²) >= 11 is 0. The molecule has 0 amide bonds. The van der Waals surface area contributed by atoms with Crippen molar-refractivity contribution in [3.05, 3.63) is 40.3 Å². The number of nitrogens with zero attached hydrogens (tertiary/aromatic N) is 4. The standard InChI is InChI=1S/C10H8N4O5/c1-13-5-6(3-12-13)19-9-2-7(10(15)16)8(4-11-9)14(17)18/h2-5H,1H3,(H,15,16). The number of carbonyl (C=O) groups is 1. The fraction of sp³-hybridized carbons (Fsp3) is 0.100. The van der Waals surface area contributed by atoms with Crippen LogP contribution in [-0.2, 0) is 7.05 Å². The van der Waals surface area contributed by atoms with Gasteiger partial charge in [0.25, 0.3) is 0 Å². The van der Waals surface area contributed by atoms with Crippen molar-refractivity contribution in [3.8, 4) is 11.6 Å². The van der Waals surface area contributed by atoms with Gasteiger partial charge in [-0.3, -0.25) is 14.8 Å². The molecule has 0 unspecified atom stereocenters. The van der Waals surface area contributed by atoms with Gasteiger partial charge in [-0.2, -0.15) is 5.10 Å². The number of aromatic nitrogens is 3. The van der Waals surface area contributed by atoms with E-state index in [1.807, 2.05) is 0 Å². The van der Waals surface area contributed by atoms with Gasteiger partial charge in [-0.15, -0.1) is 0 Å². The molecule has 1 N–H and O–H groups in total. The number of hydrogen-bond donors (Lipinski definition) is 1. The molecule has 0 atom stereocenters. The van der Waals surface area contributed by atoms with Gasteiger partial charge in [0.2, 0.25) is 5.88 Å². The van der Waals surface area contributed by atoms with E-state index < -0.39 is 22.1 Å². The lowest BCUT2D eigenvalue weighted by Crippen LogP contribution is -2.04. The number of carboxylic acids is 1. The van der Waals surface area contributed by atoms with Gasteiger partial charge < -0.3 is 9.84 Å². The van der Waals surface area contributed by atoms with Gasteiger partial charge in [0, 0.05) is 13.1 Å². The molecular formula is C10H8N4O5. The Bertz CT molecular complexity index is 651. The van der Waals surface area contributed by atoms with Gasteiger partial charge in [-0.1, -0.05) is 0 Å². The van der Waals surface area contributed by atoms with E-state index in [2.05, 4.69) is 10.1 Å². The van der Waals surface area contributed by atoms with E-state index in [0.29, 0.717) is 5.75 Å². The molecule has 2 heterocycles. The smallest absolute Gasteiger partial charge is 0.342 e. The van der Waals surface area contributed by atoms with E-state index in [1.165, 1.54) is 10.9 Å². The maximum atomic E-state index is 10.9. The molecule has 0 aliphatic rings. The molecule has 0 bridgehead atoms. The van der Waals surface area contributed by atoms with E-state index in [1.54, 1.807) is 13.2 Å². The first kappa shape index (κ1) is 12.5. The zero-order valence-electron chi connectivity index (χ0n) is 9.68. The zero-order chi connectivity index (χ0) is 14.0. The van der Waals surface area contributed by atoms with Gasteiger partial charge in [0.1, 0.15) is 11.8 Å². The Morgan fingerprint density at radius 2 is 2.26 bits per heavy atom. The minimum Gasteiger partial charge on any atom is -0.477 e. The normalized spacial score (nSPS) is 10.2. The largest absolute Gasteiger partial charge is 0.477 e. The monoisotopic (exact) mass is 264 g/mol. The van der Waals surface area contributed by atoms with Crippen LogP contribution in [0.3, 0.4) is 0 Å². The topological polar surface area (TPSA) is 120 Å². The first-order valence-corrected chi connectivity index (χ1v) is 5.01.